The zero-order valence-corrected chi connectivity index (χ0v) is 13.5. The van der Waals surface area contributed by atoms with Crippen molar-refractivity contribution in [3.63, 3.8) is 0 Å². The Bertz CT molecular complexity index is 774. The van der Waals surface area contributed by atoms with Gasteiger partial charge in [-0.1, -0.05) is 23.8 Å². The van der Waals surface area contributed by atoms with E-state index in [0.29, 0.717) is 0 Å². The highest BCUT2D eigenvalue weighted by atomic mass is 32.2. The maximum absolute atomic E-state index is 12.4. The average molecular weight is 341 g/mol. The molecule has 0 aliphatic heterocycles. The number of anilines is 1. The van der Waals surface area contributed by atoms with E-state index in [2.05, 4.69) is 4.72 Å². The molecule has 0 unspecified atom stereocenters. The molecule has 2 aromatic rings. The molecule has 4 nitrogen and oxygen atoms in total. The number of aryl methyl sites for hydroxylation is 2. The van der Waals surface area contributed by atoms with Crippen molar-refractivity contribution in [1.29, 1.82) is 0 Å². The number of alkyl halides is 2. The smallest absolute Gasteiger partial charge is 0.272 e. The van der Waals surface area contributed by atoms with Gasteiger partial charge in [0, 0.05) is 0 Å². The minimum absolute atomic E-state index is 0.0617. The zero-order chi connectivity index (χ0) is 17.0. The Kier molecular flexibility index (Phi) is 5.20. The van der Waals surface area contributed by atoms with Crippen LogP contribution < -0.4 is 9.46 Å². The first kappa shape index (κ1) is 17.2. The number of hydrogen-bond acceptors (Lipinski definition) is 3. The molecule has 0 bridgehead atoms. The second-order valence-electron chi connectivity index (χ2n) is 5.12. The van der Waals surface area contributed by atoms with Gasteiger partial charge >= 0.3 is 0 Å². The van der Waals surface area contributed by atoms with Crippen molar-refractivity contribution in [3.8, 4) is 5.75 Å². The Morgan fingerprint density at radius 1 is 1.04 bits per heavy atom. The van der Waals surface area contributed by atoms with Crippen LogP contribution in [0.2, 0.25) is 0 Å². The average Bonchev–Trinajstić information content (AvgIpc) is 2.46. The lowest BCUT2D eigenvalue weighted by molar-refractivity contribution is 0.0823. The van der Waals surface area contributed by atoms with Crippen LogP contribution in [-0.2, 0) is 10.0 Å². The van der Waals surface area contributed by atoms with Gasteiger partial charge in [-0.25, -0.2) is 17.2 Å². The van der Waals surface area contributed by atoms with Crippen molar-refractivity contribution in [2.24, 2.45) is 0 Å². The van der Waals surface area contributed by atoms with Crippen molar-refractivity contribution >= 4 is 15.7 Å². The highest BCUT2D eigenvalue weighted by molar-refractivity contribution is 7.92. The molecule has 0 radical (unpaired) electrons. The lowest BCUT2D eigenvalue weighted by atomic mass is 10.2. The van der Waals surface area contributed by atoms with E-state index in [4.69, 9.17) is 4.74 Å². The van der Waals surface area contributed by atoms with Gasteiger partial charge in [-0.05, 0) is 43.7 Å². The van der Waals surface area contributed by atoms with Crippen LogP contribution in [0.4, 0.5) is 14.5 Å². The van der Waals surface area contributed by atoms with Gasteiger partial charge in [0.15, 0.2) is 0 Å². The molecule has 1 N–H and O–H groups in total. The van der Waals surface area contributed by atoms with Gasteiger partial charge in [0.2, 0.25) is 0 Å². The molecule has 0 aliphatic carbocycles. The van der Waals surface area contributed by atoms with E-state index in [-0.39, 0.29) is 16.3 Å². The lowest BCUT2D eigenvalue weighted by Gasteiger charge is -2.14. The van der Waals surface area contributed by atoms with Gasteiger partial charge < -0.3 is 4.74 Å². The summed E-state index contributed by atoms with van der Waals surface area (Å²) in [4.78, 5) is 0.0874. The fourth-order valence-electron chi connectivity index (χ4n) is 1.92. The van der Waals surface area contributed by atoms with Crippen molar-refractivity contribution in [2.75, 3.05) is 11.3 Å². The van der Waals surface area contributed by atoms with Gasteiger partial charge in [0.05, 0.1) is 10.6 Å². The summed E-state index contributed by atoms with van der Waals surface area (Å²) in [5, 5.41) is 0. The van der Waals surface area contributed by atoms with Crippen LogP contribution in [0.5, 0.6) is 5.75 Å². The number of halogens is 2. The summed E-state index contributed by atoms with van der Waals surface area (Å²) in [5.74, 6) is 0.0617. The molecule has 23 heavy (non-hydrogen) atoms. The van der Waals surface area contributed by atoms with Crippen LogP contribution in [0.25, 0.3) is 0 Å². The van der Waals surface area contributed by atoms with Crippen LogP contribution >= 0.6 is 0 Å². The quantitative estimate of drug-likeness (QED) is 0.871. The summed E-state index contributed by atoms with van der Waals surface area (Å²) in [7, 11) is -3.83. The molecule has 124 valence electrons. The minimum atomic E-state index is -3.83. The molecule has 0 fully saturated rings. The molecule has 0 spiro atoms. The summed E-state index contributed by atoms with van der Waals surface area (Å²) >= 11 is 0. The number of rotatable bonds is 6. The molecule has 0 saturated heterocycles. The standard InChI is InChI=1S/C16H17F2NO3S/c1-11-3-6-13(7-4-11)23(20,21)19-14-9-12(2)5-8-15(14)22-10-16(17)18/h3-9,16,19H,10H2,1-2H3. The van der Waals surface area contributed by atoms with Gasteiger partial charge in [0.1, 0.15) is 12.4 Å². The maximum Gasteiger partial charge on any atom is 0.272 e. The molecule has 0 heterocycles. The monoisotopic (exact) mass is 341 g/mol. The molecule has 2 aromatic carbocycles. The Morgan fingerprint density at radius 2 is 1.65 bits per heavy atom. The van der Waals surface area contributed by atoms with Gasteiger partial charge in [-0.3, -0.25) is 4.72 Å². The van der Waals surface area contributed by atoms with Crippen LogP contribution in [0.15, 0.2) is 47.4 Å². The SMILES string of the molecule is Cc1ccc(S(=O)(=O)Nc2cc(C)ccc2OCC(F)F)cc1. The van der Waals surface area contributed by atoms with E-state index < -0.39 is 23.1 Å². The zero-order valence-electron chi connectivity index (χ0n) is 12.7. The van der Waals surface area contributed by atoms with Crippen molar-refractivity contribution < 1.29 is 21.9 Å². The van der Waals surface area contributed by atoms with E-state index in [1.807, 2.05) is 6.92 Å². The number of benzene rings is 2. The number of hydrogen-bond donors (Lipinski definition) is 1. The number of sulfonamides is 1. The summed E-state index contributed by atoms with van der Waals surface area (Å²) < 4.78 is 56.8. The molecule has 0 saturated carbocycles. The van der Waals surface area contributed by atoms with Crippen LogP contribution in [-0.4, -0.2) is 21.5 Å². The first-order valence-corrected chi connectivity index (χ1v) is 8.37. The van der Waals surface area contributed by atoms with E-state index in [1.54, 1.807) is 25.1 Å². The summed E-state index contributed by atoms with van der Waals surface area (Å²) in [6.45, 7) is 2.81. The molecule has 0 amide bonds. The molecular formula is C16H17F2NO3S. The van der Waals surface area contributed by atoms with Gasteiger partial charge in [-0.2, -0.15) is 0 Å². The normalized spacial score (nSPS) is 11.5. The van der Waals surface area contributed by atoms with Crippen molar-refractivity contribution in [1.82, 2.24) is 0 Å². The van der Waals surface area contributed by atoms with Crippen LogP contribution in [0.1, 0.15) is 11.1 Å². The highest BCUT2D eigenvalue weighted by Gasteiger charge is 2.17. The van der Waals surface area contributed by atoms with Crippen LogP contribution in [0, 0.1) is 13.8 Å². The topological polar surface area (TPSA) is 55.4 Å². The van der Waals surface area contributed by atoms with Crippen LogP contribution in [0.3, 0.4) is 0 Å². The molecule has 0 aromatic heterocycles. The Morgan fingerprint density at radius 3 is 2.26 bits per heavy atom. The fourth-order valence-corrected chi connectivity index (χ4v) is 2.98. The summed E-state index contributed by atoms with van der Waals surface area (Å²) in [5.41, 5.74) is 1.84. The second-order valence-corrected chi connectivity index (χ2v) is 6.80. The molecule has 0 aliphatic rings. The number of ether oxygens (including phenoxy) is 1. The van der Waals surface area contributed by atoms with E-state index >= 15 is 0 Å². The third-order valence-corrected chi connectivity index (χ3v) is 4.46. The Labute approximate surface area is 134 Å². The first-order valence-electron chi connectivity index (χ1n) is 6.89. The minimum Gasteiger partial charge on any atom is -0.485 e. The Balaban J connectivity index is 2.30. The van der Waals surface area contributed by atoms with Gasteiger partial charge in [-0.15, -0.1) is 0 Å². The molecule has 2 rings (SSSR count). The van der Waals surface area contributed by atoms with Crippen molar-refractivity contribution in [2.45, 2.75) is 25.2 Å². The predicted octanol–water partition coefficient (Wildman–Crippen LogP) is 3.75. The van der Waals surface area contributed by atoms with E-state index in [0.717, 1.165) is 11.1 Å². The predicted molar refractivity (Wildman–Crippen MR) is 84.7 cm³/mol. The summed E-state index contributed by atoms with van der Waals surface area (Å²) in [6, 6.07) is 11.0. The van der Waals surface area contributed by atoms with E-state index in [1.165, 1.54) is 24.3 Å². The first-order chi connectivity index (χ1) is 10.8. The lowest BCUT2D eigenvalue weighted by Crippen LogP contribution is -2.15. The van der Waals surface area contributed by atoms with E-state index in [9.17, 15) is 17.2 Å². The fraction of sp³-hybridized carbons (Fsp3) is 0.250. The molecule has 7 heteroatoms. The maximum atomic E-state index is 12.4. The second kappa shape index (κ2) is 6.95. The molecular weight excluding hydrogens is 324 g/mol. The molecule has 0 atom stereocenters. The third-order valence-electron chi connectivity index (χ3n) is 3.08. The van der Waals surface area contributed by atoms with Crippen molar-refractivity contribution in [3.05, 3.63) is 53.6 Å². The summed E-state index contributed by atoms with van der Waals surface area (Å²) in [6.07, 6.45) is -2.64. The largest absolute Gasteiger partial charge is 0.485 e. The third kappa shape index (κ3) is 4.66. The Hall–Kier alpha value is -2.15. The highest BCUT2D eigenvalue weighted by Crippen LogP contribution is 2.28. The number of nitrogens with one attached hydrogen (secondary N) is 1. The van der Waals surface area contributed by atoms with Gasteiger partial charge in [0.25, 0.3) is 16.4 Å².